The number of rotatable bonds is 3. The van der Waals surface area contributed by atoms with Gasteiger partial charge in [-0.1, -0.05) is 42.0 Å². The second-order valence-corrected chi connectivity index (χ2v) is 7.43. The van der Waals surface area contributed by atoms with Crippen molar-refractivity contribution in [2.45, 2.75) is 18.7 Å². The van der Waals surface area contributed by atoms with E-state index in [2.05, 4.69) is 41.8 Å². The Hall–Kier alpha value is -2.53. The SMILES string of the molecule is Cc1cccc(Cn2ccc3c(C4SC(=O)N(C)C4=O)cccc32)c1. The van der Waals surface area contributed by atoms with Gasteiger partial charge in [0.05, 0.1) is 0 Å². The lowest BCUT2D eigenvalue weighted by molar-refractivity contribution is -0.125. The first-order chi connectivity index (χ1) is 12.0. The summed E-state index contributed by atoms with van der Waals surface area (Å²) in [5.74, 6) is -0.145. The van der Waals surface area contributed by atoms with Gasteiger partial charge >= 0.3 is 0 Å². The maximum Gasteiger partial charge on any atom is 0.289 e. The number of benzene rings is 2. The minimum Gasteiger partial charge on any atom is -0.343 e. The molecule has 1 aliphatic heterocycles. The number of carbonyl (C=O) groups is 2. The molecule has 0 radical (unpaired) electrons. The molecule has 1 atom stereocenters. The fourth-order valence-electron chi connectivity index (χ4n) is 3.31. The van der Waals surface area contributed by atoms with Crippen LogP contribution in [0.5, 0.6) is 0 Å². The number of amides is 2. The maximum atomic E-state index is 12.4. The zero-order valence-corrected chi connectivity index (χ0v) is 14.9. The van der Waals surface area contributed by atoms with Crippen LogP contribution in [-0.4, -0.2) is 27.7 Å². The van der Waals surface area contributed by atoms with Crippen molar-refractivity contribution in [2.75, 3.05) is 7.05 Å². The average Bonchev–Trinajstić information content (AvgIpc) is 3.11. The molecule has 1 fully saturated rings. The van der Waals surface area contributed by atoms with Gasteiger partial charge in [-0.2, -0.15) is 0 Å². The van der Waals surface area contributed by atoms with Gasteiger partial charge in [-0.05, 0) is 41.9 Å². The lowest BCUT2D eigenvalue weighted by Gasteiger charge is -2.11. The first kappa shape index (κ1) is 16.0. The lowest BCUT2D eigenvalue weighted by Crippen LogP contribution is -2.24. The molecule has 4 nitrogen and oxygen atoms in total. The van der Waals surface area contributed by atoms with Crippen LogP contribution in [0.15, 0.2) is 54.7 Å². The van der Waals surface area contributed by atoms with Gasteiger partial charge in [-0.25, -0.2) is 0 Å². The molecule has 4 rings (SSSR count). The normalized spacial score (nSPS) is 17.7. The molecule has 2 aromatic carbocycles. The monoisotopic (exact) mass is 350 g/mol. The van der Waals surface area contributed by atoms with Gasteiger partial charge in [-0.3, -0.25) is 14.5 Å². The first-order valence-corrected chi connectivity index (χ1v) is 9.04. The van der Waals surface area contributed by atoms with Crippen molar-refractivity contribution in [3.63, 3.8) is 0 Å². The van der Waals surface area contributed by atoms with Gasteiger partial charge < -0.3 is 4.57 Å². The molecule has 3 aromatic rings. The summed E-state index contributed by atoms with van der Waals surface area (Å²) in [6.45, 7) is 2.87. The van der Waals surface area contributed by atoms with Crippen LogP contribution < -0.4 is 0 Å². The summed E-state index contributed by atoms with van der Waals surface area (Å²) in [7, 11) is 1.54. The molecule has 25 heavy (non-hydrogen) atoms. The molecule has 0 N–H and O–H groups in total. The molecule has 0 bridgehead atoms. The molecule has 2 heterocycles. The van der Waals surface area contributed by atoms with E-state index in [1.807, 2.05) is 24.4 Å². The number of thioether (sulfide) groups is 1. The van der Waals surface area contributed by atoms with E-state index in [-0.39, 0.29) is 11.1 Å². The average molecular weight is 350 g/mol. The van der Waals surface area contributed by atoms with Crippen LogP contribution in [0.1, 0.15) is 21.9 Å². The molecule has 1 aromatic heterocycles. The van der Waals surface area contributed by atoms with Gasteiger partial charge in [0, 0.05) is 30.7 Å². The van der Waals surface area contributed by atoms with Crippen LogP contribution in [0.4, 0.5) is 4.79 Å². The quantitative estimate of drug-likeness (QED) is 0.705. The Balaban J connectivity index is 1.74. The van der Waals surface area contributed by atoms with Crippen LogP contribution >= 0.6 is 11.8 Å². The Labute approximate surface area is 150 Å². The third-order valence-electron chi connectivity index (χ3n) is 4.61. The smallest absolute Gasteiger partial charge is 0.289 e. The van der Waals surface area contributed by atoms with E-state index in [0.29, 0.717) is 0 Å². The van der Waals surface area contributed by atoms with E-state index in [1.54, 1.807) is 7.05 Å². The van der Waals surface area contributed by atoms with Crippen LogP contribution in [0.25, 0.3) is 10.9 Å². The van der Waals surface area contributed by atoms with E-state index >= 15 is 0 Å². The largest absolute Gasteiger partial charge is 0.343 e. The highest BCUT2D eigenvalue weighted by Gasteiger charge is 2.38. The van der Waals surface area contributed by atoms with Crippen LogP contribution in [0.3, 0.4) is 0 Å². The third-order valence-corrected chi connectivity index (χ3v) is 5.78. The van der Waals surface area contributed by atoms with E-state index in [1.165, 1.54) is 16.0 Å². The molecule has 0 aliphatic carbocycles. The molecule has 1 aliphatic rings. The molecule has 0 saturated carbocycles. The van der Waals surface area contributed by atoms with Gasteiger partial charge in [0.25, 0.3) is 5.24 Å². The molecule has 126 valence electrons. The van der Waals surface area contributed by atoms with Gasteiger partial charge in [-0.15, -0.1) is 0 Å². The molecule has 5 heteroatoms. The van der Waals surface area contributed by atoms with Gasteiger partial charge in [0.15, 0.2) is 0 Å². The van der Waals surface area contributed by atoms with Crippen molar-refractivity contribution in [3.05, 3.63) is 71.4 Å². The van der Waals surface area contributed by atoms with E-state index < -0.39 is 5.25 Å². The second kappa shape index (κ2) is 6.08. The molecule has 1 unspecified atom stereocenters. The number of nitrogens with zero attached hydrogens (tertiary/aromatic N) is 2. The summed E-state index contributed by atoms with van der Waals surface area (Å²) in [5.41, 5.74) is 4.47. The minimum atomic E-state index is -0.448. The predicted molar refractivity (Wildman–Crippen MR) is 101 cm³/mol. The summed E-state index contributed by atoms with van der Waals surface area (Å²) in [6, 6.07) is 16.5. The van der Waals surface area contributed by atoms with Crippen LogP contribution in [-0.2, 0) is 11.3 Å². The van der Waals surface area contributed by atoms with Gasteiger partial charge in [0.1, 0.15) is 5.25 Å². The third kappa shape index (κ3) is 2.74. The lowest BCUT2D eigenvalue weighted by atomic mass is 10.1. The van der Waals surface area contributed by atoms with Crippen LogP contribution in [0.2, 0.25) is 0 Å². The van der Waals surface area contributed by atoms with Crippen LogP contribution in [0, 0.1) is 6.92 Å². The van der Waals surface area contributed by atoms with Crippen molar-refractivity contribution < 1.29 is 9.59 Å². The number of aryl methyl sites for hydroxylation is 1. The highest BCUT2D eigenvalue weighted by atomic mass is 32.2. The highest BCUT2D eigenvalue weighted by molar-refractivity contribution is 8.15. The van der Waals surface area contributed by atoms with E-state index in [9.17, 15) is 9.59 Å². The molecular formula is C20H18N2O2S. The Morgan fingerprint density at radius 2 is 1.88 bits per heavy atom. The van der Waals surface area contributed by atoms with E-state index in [0.717, 1.165) is 34.8 Å². The fraction of sp³-hybridized carbons (Fsp3) is 0.200. The second-order valence-electron chi connectivity index (χ2n) is 6.37. The number of carbonyl (C=O) groups excluding carboxylic acids is 2. The number of likely N-dealkylation sites (N-methyl/N-ethyl adjacent to an activating group) is 1. The van der Waals surface area contributed by atoms with E-state index in [4.69, 9.17) is 0 Å². The maximum absolute atomic E-state index is 12.4. The van der Waals surface area contributed by atoms with Gasteiger partial charge in [0.2, 0.25) is 5.91 Å². The summed E-state index contributed by atoms with van der Waals surface area (Å²) < 4.78 is 2.18. The topological polar surface area (TPSA) is 42.3 Å². The number of imide groups is 1. The first-order valence-electron chi connectivity index (χ1n) is 8.16. The Bertz CT molecular complexity index is 992. The minimum absolute atomic E-state index is 0.145. The highest BCUT2D eigenvalue weighted by Crippen LogP contribution is 2.41. The predicted octanol–water partition coefficient (Wildman–Crippen LogP) is 4.36. The summed E-state index contributed by atoms with van der Waals surface area (Å²) in [4.78, 5) is 25.4. The molecule has 0 spiro atoms. The van der Waals surface area contributed by atoms with Crippen molar-refractivity contribution in [3.8, 4) is 0 Å². The summed E-state index contributed by atoms with van der Waals surface area (Å²) in [5, 5.41) is 0.395. The number of hydrogen-bond acceptors (Lipinski definition) is 3. The zero-order valence-electron chi connectivity index (χ0n) is 14.1. The molecular weight excluding hydrogens is 332 g/mol. The standard InChI is InChI=1S/C20H18N2O2S/c1-13-5-3-6-14(11-13)12-22-10-9-15-16(7-4-8-17(15)22)18-19(23)21(2)20(24)25-18/h3-11,18H,12H2,1-2H3. The number of fused-ring (bicyclic) bond motifs is 1. The Kier molecular flexibility index (Phi) is 3.88. The summed E-state index contributed by atoms with van der Waals surface area (Å²) in [6.07, 6.45) is 2.05. The van der Waals surface area contributed by atoms with Crippen molar-refractivity contribution >= 4 is 33.8 Å². The Morgan fingerprint density at radius 3 is 2.60 bits per heavy atom. The molecule has 1 saturated heterocycles. The van der Waals surface area contributed by atoms with Crippen molar-refractivity contribution in [1.29, 1.82) is 0 Å². The summed E-state index contributed by atoms with van der Waals surface area (Å²) >= 11 is 1.09. The molecule has 2 amide bonds. The number of hydrogen-bond donors (Lipinski definition) is 0. The fourth-order valence-corrected chi connectivity index (χ4v) is 4.35. The zero-order chi connectivity index (χ0) is 17.6. The van der Waals surface area contributed by atoms with Crippen molar-refractivity contribution in [2.24, 2.45) is 0 Å². The van der Waals surface area contributed by atoms with Crippen molar-refractivity contribution in [1.82, 2.24) is 9.47 Å². The Morgan fingerprint density at radius 1 is 1.08 bits per heavy atom. The number of aromatic nitrogens is 1.